The van der Waals surface area contributed by atoms with E-state index < -0.39 is 40.9 Å². The summed E-state index contributed by atoms with van der Waals surface area (Å²) in [5.74, 6) is -1.45. The lowest BCUT2D eigenvalue weighted by Crippen LogP contribution is -2.49. The van der Waals surface area contributed by atoms with Gasteiger partial charge in [0, 0.05) is 18.7 Å². The molecule has 0 aliphatic carbocycles. The Morgan fingerprint density at radius 2 is 1.96 bits per heavy atom. The van der Waals surface area contributed by atoms with Crippen molar-refractivity contribution in [3.8, 4) is 0 Å². The number of nitrogens with two attached hydrogens (primary N) is 1. The maximum atomic E-state index is 12.2. The molecule has 0 bridgehead atoms. The molecular weight excluding hydrogens is 344 g/mol. The van der Waals surface area contributed by atoms with Gasteiger partial charge < -0.3 is 21.1 Å². The molecule has 1 rings (SSSR count). The van der Waals surface area contributed by atoms with E-state index in [-0.39, 0.29) is 12.2 Å². The SMILES string of the molecule is CC(C)(C)OC(=O)N[C@@H](CC(N)=O)C(=O)NCc1cccc([N+](=O)[O-])c1. The molecule has 0 heterocycles. The van der Waals surface area contributed by atoms with Crippen LogP contribution in [0, 0.1) is 10.1 Å². The minimum atomic E-state index is -1.22. The number of nitro groups is 1. The van der Waals surface area contributed by atoms with Crippen molar-refractivity contribution >= 4 is 23.6 Å². The largest absolute Gasteiger partial charge is 0.444 e. The van der Waals surface area contributed by atoms with Gasteiger partial charge in [0.15, 0.2) is 0 Å². The summed E-state index contributed by atoms with van der Waals surface area (Å²) in [5.41, 5.74) is 4.71. The number of alkyl carbamates (subject to hydrolysis) is 1. The second kappa shape index (κ2) is 8.79. The minimum Gasteiger partial charge on any atom is -0.444 e. The third-order valence-electron chi connectivity index (χ3n) is 3.00. The smallest absolute Gasteiger partial charge is 0.408 e. The highest BCUT2D eigenvalue weighted by molar-refractivity contribution is 5.90. The van der Waals surface area contributed by atoms with Crippen LogP contribution in [-0.2, 0) is 20.9 Å². The van der Waals surface area contributed by atoms with Crippen LogP contribution in [0.3, 0.4) is 0 Å². The molecule has 1 aromatic rings. The van der Waals surface area contributed by atoms with Crippen LogP contribution in [0.2, 0.25) is 0 Å². The molecule has 26 heavy (non-hydrogen) atoms. The van der Waals surface area contributed by atoms with Crippen LogP contribution < -0.4 is 16.4 Å². The van der Waals surface area contributed by atoms with Crippen molar-refractivity contribution in [3.05, 3.63) is 39.9 Å². The van der Waals surface area contributed by atoms with Crippen LogP contribution >= 0.6 is 0 Å². The van der Waals surface area contributed by atoms with Crippen LogP contribution in [-0.4, -0.2) is 34.5 Å². The van der Waals surface area contributed by atoms with Gasteiger partial charge in [0.05, 0.1) is 11.3 Å². The summed E-state index contributed by atoms with van der Waals surface area (Å²) in [5, 5.41) is 15.5. The van der Waals surface area contributed by atoms with Gasteiger partial charge in [0.1, 0.15) is 11.6 Å². The normalized spacial score (nSPS) is 12.0. The third kappa shape index (κ3) is 7.60. The molecule has 0 spiro atoms. The zero-order valence-corrected chi connectivity index (χ0v) is 14.8. The zero-order chi connectivity index (χ0) is 19.9. The minimum absolute atomic E-state index is 0.0220. The lowest BCUT2D eigenvalue weighted by Gasteiger charge is -2.22. The van der Waals surface area contributed by atoms with Crippen molar-refractivity contribution in [1.29, 1.82) is 0 Å². The van der Waals surface area contributed by atoms with E-state index in [4.69, 9.17) is 10.5 Å². The summed E-state index contributed by atoms with van der Waals surface area (Å²) in [7, 11) is 0. The molecule has 142 valence electrons. The molecule has 3 amide bonds. The lowest BCUT2D eigenvalue weighted by atomic mass is 10.1. The second-order valence-corrected chi connectivity index (χ2v) is 6.51. The number of carbonyl (C=O) groups excluding carboxylic acids is 3. The Labute approximate surface area is 150 Å². The van der Waals surface area contributed by atoms with Crippen LogP contribution in [0.25, 0.3) is 0 Å². The number of ether oxygens (including phenoxy) is 1. The summed E-state index contributed by atoms with van der Waals surface area (Å²) in [6.45, 7) is 4.93. The topological polar surface area (TPSA) is 154 Å². The Bertz CT molecular complexity index is 698. The van der Waals surface area contributed by atoms with Gasteiger partial charge in [-0.05, 0) is 26.3 Å². The van der Waals surface area contributed by atoms with Gasteiger partial charge in [-0.25, -0.2) is 4.79 Å². The van der Waals surface area contributed by atoms with Gasteiger partial charge in [0.25, 0.3) is 5.69 Å². The van der Waals surface area contributed by atoms with Gasteiger partial charge in [-0.15, -0.1) is 0 Å². The predicted molar refractivity (Wildman–Crippen MR) is 91.9 cm³/mol. The number of amides is 3. The van der Waals surface area contributed by atoms with E-state index in [0.29, 0.717) is 5.56 Å². The first-order chi connectivity index (χ1) is 12.0. The van der Waals surface area contributed by atoms with Crippen LogP contribution in [0.1, 0.15) is 32.8 Å². The van der Waals surface area contributed by atoms with E-state index in [1.807, 2.05) is 0 Å². The van der Waals surface area contributed by atoms with Crippen molar-refractivity contribution < 1.29 is 24.0 Å². The summed E-state index contributed by atoms with van der Waals surface area (Å²) in [6.07, 6.45) is -1.28. The van der Waals surface area contributed by atoms with Gasteiger partial charge in [0.2, 0.25) is 11.8 Å². The molecule has 0 unspecified atom stereocenters. The Morgan fingerprint density at radius 3 is 2.50 bits per heavy atom. The van der Waals surface area contributed by atoms with Crippen molar-refractivity contribution in [2.45, 2.75) is 45.4 Å². The van der Waals surface area contributed by atoms with Crippen LogP contribution in [0.15, 0.2) is 24.3 Å². The quantitative estimate of drug-likeness (QED) is 0.483. The van der Waals surface area contributed by atoms with Crippen molar-refractivity contribution in [2.75, 3.05) is 0 Å². The number of nitro benzene ring substituents is 1. The maximum absolute atomic E-state index is 12.2. The molecule has 0 aliphatic heterocycles. The van der Waals surface area contributed by atoms with Crippen LogP contribution in [0.5, 0.6) is 0 Å². The van der Waals surface area contributed by atoms with Crippen molar-refractivity contribution in [2.24, 2.45) is 5.73 Å². The number of non-ortho nitro benzene ring substituents is 1. The number of hydrogen-bond donors (Lipinski definition) is 3. The highest BCUT2D eigenvalue weighted by Crippen LogP contribution is 2.13. The molecule has 0 aliphatic rings. The van der Waals surface area contributed by atoms with Crippen LogP contribution in [0.4, 0.5) is 10.5 Å². The molecule has 0 fully saturated rings. The first-order valence-electron chi connectivity index (χ1n) is 7.77. The number of carbonyl (C=O) groups is 3. The van der Waals surface area contributed by atoms with Crippen molar-refractivity contribution in [1.82, 2.24) is 10.6 Å². The number of nitrogens with one attached hydrogen (secondary N) is 2. The molecule has 0 radical (unpaired) electrons. The molecule has 1 atom stereocenters. The molecule has 10 heteroatoms. The monoisotopic (exact) mass is 366 g/mol. The van der Waals surface area contributed by atoms with Gasteiger partial charge in [-0.1, -0.05) is 12.1 Å². The van der Waals surface area contributed by atoms with Gasteiger partial charge in [-0.3, -0.25) is 19.7 Å². The molecule has 1 aromatic carbocycles. The fourth-order valence-electron chi connectivity index (χ4n) is 1.95. The Hall–Kier alpha value is -3.17. The van der Waals surface area contributed by atoms with E-state index in [9.17, 15) is 24.5 Å². The standard InChI is InChI=1S/C16H22N4O6/c1-16(2,3)26-15(23)19-12(8-13(17)21)14(22)18-9-10-5-4-6-11(7-10)20(24)25/h4-7,12H,8-9H2,1-3H3,(H2,17,21)(H,18,22)(H,19,23)/t12-/m0/s1. The zero-order valence-electron chi connectivity index (χ0n) is 14.8. The Morgan fingerprint density at radius 1 is 1.31 bits per heavy atom. The van der Waals surface area contributed by atoms with E-state index in [0.717, 1.165) is 0 Å². The number of primary amides is 1. The molecule has 4 N–H and O–H groups in total. The first-order valence-corrected chi connectivity index (χ1v) is 7.77. The molecule has 0 saturated carbocycles. The number of benzene rings is 1. The summed E-state index contributed by atoms with van der Waals surface area (Å²) >= 11 is 0. The fraction of sp³-hybridized carbons (Fsp3) is 0.438. The average molecular weight is 366 g/mol. The first kappa shape index (κ1) is 20.9. The van der Waals surface area contributed by atoms with E-state index in [1.165, 1.54) is 18.2 Å². The molecular formula is C16H22N4O6. The van der Waals surface area contributed by atoms with E-state index in [1.54, 1.807) is 26.8 Å². The van der Waals surface area contributed by atoms with E-state index >= 15 is 0 Å². The highest BCUT2D eigenvalue weighted by atomic mass is 16.6. The van der Waals surface area contributed by atoms with E-state index in [2.05, 4.69) is 10.6 Å². The summed E-state index contributed by atoms with van der Waals surface area (Å²) in [6, 6.07) is 4.49. The maximum Gasteiger partial charge on any atom is 0.408 e. The average Bonchev–Trinajstić information content (AvgIpc) is 2.50. The summed E-state index contributed by atoms with van der Waals surface area (Å²) < 4.78 is 5.05. The molecule has 10 nitrogen and oxygen atoms in total. The third-order valence-corrected chi connectivity index (χ3v) is 3.00. The fourth-order valence-corrected chi connectivity index (χ4v) is 1.95. The lowest BCUT2D eigenvalue weighted by molar-refractivity contribution is -0.384. The second-order valence-electron chi connectivity index (χ2n) is 6.51. The number of nitrogens with zero attached hydrogens (tertiary/aromatic N) is 1. The number of hydrogen-bond acceptors (Lipinski definition) is 6. The predicted octanol–water partition coefficient (Wildman–Crippen LogP) is 0.980. The van der Waals surface area contributed by atoms with Crippen molar-refractivity contribution in [3.63, 3.8) is 0 Å². The van der Waals surface area contributed by atoms with Gasteiger partial charge in [-0.2, -0.15) is 0 Å². The summed E-state index contributed by atoms with van der Waals surface area (Å²) in [4.78, 5) is 45.4. The van der Waals surface area contributed by atoms with Gasteiger partial charge >= 0.3 is 6.09 Å². The molecule has 0 aromatic heterocycles. The Balaban J connectivity index is 2.74. The number of rotatable bonds is 7. The highest BCUT2D eigenvalue weighted by Gasteiger charge is 2.25. The molecule has 0 saturated heterocycles. The Kier molecular flexibility index (Phi) is 7.06.